The molecular formula is C17H13N3O3S2. The van der Waals surface area contributed by atoms with Gasteiger partial charge in [0.15, 0.2) is 5.58 Å². The van der Waals surface area contributed by atoms with Crippen molar-refractivity contribution in [2.45, 2.75) is 11.8 Å². The van der Waals surface area contributed by atoms with Gasteiger partial charge < -0.3 is 9.40 Å². The smallest absolute Gasteiger partial charge is 0.266 e. The van der Waals surface area contributed by atoms with Gasteiger partial charge in [-0.15, -0.1) is 0 Å². The normalized spacial score (nSPS) is 11.9. The summed E-state index contributed by atoms with van der Waals surface area (Å²) in [6.45, 7) is 1.91. The quantitative estimate of drug-likeness (QED) is 0.528. The number of nitrogens with zero attached hydrogens (tertiary/aromatic N) is 1. The molecule has 0 saturated carbocycles. The molecule has 6 nitrogen and oxygen atoms in total. The van der Waals surface area contributed by atoms with Gasteiger partial charge in [0.05, 0.1) is 16.7 Å². The van der Waals surface area contributed by atoms with Gasteiger partial charge >= 0.3 is 0 Å². The predicted molar refractivity (Wildman–Crippen MR) is 98.7 cm³/mol. The van der Waals surface area contributed by atoms with E-state index in [0.29, 0.717) is 22.3 Å². The summed E-state index contributed by atoms with van der Waals surface area (Å²) in [7, 11) is -3.81. The maximum Gasteiger partial charge on any atom is 0.266 e. The highest BCUT2D eigenvalue weighted by Crippen LogP contribution is 2.25. The fourth-order valence-corrected chi connectivity index (χ4v) is 4.11. The molecule has 126 valence electrons. The third-order valence-electron chi connectivity index (χ3n) is 3.77. The number of oxazole rings is 1. The maximum absolute atomic E-state index is 12.8. The Bertz CT molecular complexity index is 1270. The highest BCUT2D eigenvalue weighted by molar-refractivity contribution is 7.93. The van der Waals surface area contributed by atoms with E-state index in [0.717, 1.165) is 10.9 Å². The van der Waals surface area contributed by atoms with E-state index in [9.17, 15) is 8.42 Å². The summed E-state index contributed by atoms with van der Waals surface area (Å²) in [5.74, 6) is 0. The van der Waals surface area contributed by atoms with E-state index in [-0.39, 0.29) is 9.73 Å². The molecule has 2 N–H and O–H groups in total. The highest BCUT2D eigenvalue weighted by Gasteiger charge is 2.19. The van der Waals surface area contributed by atoms with Crippen LogP contribution >= 0.6 is 12.2 Å². The SMILES string of the molecule is Cc1cnc2c(S(=O)(=O)Nc3ccc4[nH]c(=S)oc4c3)cccc2c1. The van der Waals surface area contributed by atoms with Crippen LogP contribution in [0.5, 0.6) is 0 Å². The van der Waals surface area contributed by atoms with Crippen LogP contribution in [-0.4, -0.2) is 18.4 Å². The minimum absolute atomic E-state index is 0.125. The summed E-state index contributed by atoms with van der Waals surface area (Å²) in [5, 5.41) is 0.773. The largest absolute Gasteiger partial charge is 0.429 e. The van der Waals surface area contributed by atoms with Crippen molar-refractivity contribution >= 4 is 49.9 Å². The lowest BCUT2D eigenvalue weighted by molar-refractivity contribution is 0.583. The molecule has 2 heterocycles. The summed E-state index contributed by atoms with van der Waals surface area (Å²) in [5.41, 5.74) is 2.97. The number of aromatic nitrogens is 2. The predicted octanol–water partition coefficient (Wildman–Crippen LogP) is 4.15. The first-order valence-electron chi connectivity index (χ1n) is 7.43. The molecule has 4 rings (SSSR count). The average Bonchev–Trinajstić information content (AvgIpc) is 2.93. The molecule has 0 bridgehead atoms. The number of aromatic amines is 1. The fourth-order valence-electron chi connectivity index (χ4n) is 2.68. The second-order valence-electron chi connectivity index (χ2n) is 5.67. The van der Waals surface area contributed by atoms with E-state index in [2.05, 4.69) is 14.7 Å². The summed E-state index contributed by atoms with van der Waals surface area (Å²) in [6.07, 6.45) is 1.65. The number of sulfonamides is 1. The van der Waals surface area contributed by atoms with E-state index in [1.807, 2.05) is 19.1 Å². The van der Waals surface area contributed by atoms with Gasteiger partial charge in [0, 0.05) is 17.6 Å². The van der Waals surface area contributed by atoms with E-state index in [1.54, 1.807) is 30.5 Å². The zero-order valence-corrected chi connectivity index (χ0v) is 14.7. The molecule has 0 aliphatic rings. The van der Waals surface area contributed by atoms with Crippen molar-refractivity contribution in [3.05, 3.63) is 59.1 Å². The zero-order chi connectivity index (χ0) is 17.6. The van der Waals surface area contributed by atoms with E-state index in [4.69, 9.17) is 16.6 Å². The molecule has 0 spiro atoms. The van der Waals surface area contributed by atoms with Gasteiger partial charge in [-0.2, -0.15) is 0 Å². The maximum atomic E-state index is 12.8. The molecule has 0 unspecified atom stereocenters. The number of aryl methyl sites for hydroxylation is 1. The van der Waals surface area contributed by atoms with Crippen molar-refractivity contribution in [3.63, 3.8) is 0 Å². The lowest BCUT2D eigenvalue weighted by Crippen LogP contribution is -2.13. The first-order valence-corrected chi connectivity index (χ1v) is 9.33. The lowest BCUT2D eigenvalue weighted by Gasteiger charge is -2.10. The lowest BCUT2D eigenvalue weighted by atomic mass is 10.2. The zero-order valence-electron chi connectivity index (χ0n) is 13.1. The van der Waals surface area contributed by atoms with Crippen LogP contribution in [-0.2, 0) is 10.0 Å². The number of benzene rings is 2. The van der Waals surface area contributed by atoms with Crippen LogP contribution in [0.15, 0.2) is 58.0 Å². The Hall–Kier alpha value is -2.71. The number of rotatable bonds is 3. The van der Waals surface area contributed by atoms with Crippen LogP contribution in [0.1, 0.15) is 5.56 Å². The van der Waals surface area contributed by atoms with E-state index < -0.39 is 10.0 Å². The summed E-state index contributed by atoms with van der Waals surface area (Å²) >= 11 is 4.94. The van der Waals surface area contributed by atoms with Gasteiger partial charge in [-0.1, -0.05) is 12.1 Å². The molecule has 4 aromatic rings. The molecule has 2 aromatic heterocycles. The van der Waals surface area contributed by atoms with Crippen LogP contribution in [0, 0.1) is 11.8 Å². The van der Waals surface area contributed by atoms with Crippen molar-refractivity contribution in [3.8, 4) is 0 Å². The second kappa shape index (κ2) is 5.68. The number of hydrogen-bond donors (Lipinski definition) is 2. The Balaban J connectivity index is 1.79. The number of hydrogen-bond acceptors (Lipinski definition) is 5. The molecule has 2 aromatic carbocycles. The number of para-hydroxylation sites is 1. The molecule has 0 aliphatic heterocycles. The highest BCUT2D eigenvalue weighted by atomic mass is 32.2. The first kappa shape index (κ1) is 15.8. The molecule has 8 heteroatoms. The molecule has 0 radical (unpaired) electrons. The average molecular weight is 371 g/mol. The van der Waals surface area contributed by atoms with Crippen LogP contribution in [0.3, 0.4) is 0 Å². The van der Waals surface area contributed by atoms with Gasteiger partial charge in [0.1, 0.15) is 4.90 Å². The van der Waals surface area contributed by atoms with Crippen molar-refractivity contribution < 1.29 is 12.8 Å². The second-order valence-corrected chi connectivity index (χ2v) is 7.69. The van der Waals surface area contributed by atoms with E-state index >= 15 is 0 Å². The van der Waals surface area contributed by atoms with Crippen LogP contribution < -0.4 is 4.72 Å². The molecule has 0 saturated heterocycles. The third-order valence-corrected chi connectivity index (χ3v) is 5.37. The van der Waals surface area contributed by atoms with Crippen molar-refractivity contribution in [2.24, 2.45) is 0 Å². The number of pyridine rings is 1. The Morgan fingerprint density at radius 2 is 2.04 bits per heavy atom. The van der Waals surface area contributed by atoms with Gasteiger partial charge in [0.25, 0.3) is 14.9 Å². The molecule has 25 heavy (non-hydrogen) atoms. The number of anilines is 1. The fraction of sp³-hybridized carbons (Fsp3) is 0.0588. The van der Waals surface area contributed by atoms with Crippen molar-refractivity contribution in [2.75, 3.05) is 4.72 Å². The first-order chi connectivity index (χ1) is 11.9. The van der Waals surface area contributed by atoms with Crippen molar-refractivity contribution in [1.29, 1.82) is 0 Å². The van der Waals surface area contributed by atoms with Crippen LogP contribution in [0.4, 0.5) is 5.69 Å². The molecule has 0 atom stereocenters. The Morgan fingerprint density at radius 1 is 1.20 bits per heavy atom. The Labute approximate surface area is 148 Å². The molecule has 0 fully saturated rings. The minimum atomic E-state index is -3.81. The van der Waals surface area contributed by atoms with Gasteiger partial charge in [-0.25, -0.2) is 8.42 Å². The van der Waals surface area contributed by atoms with E-state index in [1.165, 1.54) is 6.07 Å². The number of nitrogens with one attached hydrogen (secondary N) is 2. The minimum Gasteiger partial charge on any atom is -0.429 e. The van der Waals surface area contributed by atoms with Crippen LogP contribution in [0.2, 0.25) is 0 Å². The van der Waals surface area contributed by atoms with Gasteiger partial charge in [-0.3, -0.25) is 9.71 Å². The topological polar surface area (TPSA) is 88.0 Å². The number of fused-ring (bicyclic) bond motifs is 2. The Kier molecular flexibility index (Phi) is 3.59. The molecule has 0 amide bonds. The standard InChI is InChI=1S/C17H13N3O3S2/c1-10-7-11-3-2-4-15(16(11)18-9-10)25(21,22)20-12-5-6-13-14(8-12)23-17(24)19-13/h2-9,20H,1H3,(H,19,24). The third kappa shape index (κ3) is 2.90. The molecular weight excluding hydrogens is 358 g/mol. The van der Waals surface area contributed by atoms with Gasteiger partial charge in [0.2, 0.25) is 0 Å². The monoisotopic (exact) mass is 371 g/mol. The summed E-state index contributed by atoms with van der Waals surface area (Å²) in [6, 6.07) is 11.9. The summed E-state index contributed by atoms with van der Waals surface area (Å²) in [4.78, 5) is 7.52. The Morgan fingerprint density at radius 3 is 2.88 bits per heavy atom. The number of H-pyrrole nitrogens is 1. The molecule has 0 aliphatic carbocycles. The van der Waals surface area contributed by atoms with Crippen LogP contribution in [0.25, 0.3) is 22.0 Å². The van der Waals surface area contributed by atoms with Gasteiger partial charge in [-0.05, 0) is 49.0 Å². The summed E-state index contributed by atoms with van der Waals surface area (Å²) < 4.78 is 33.6. The van der Waals surface area contributed by atoms with Crippen molar-refractivity contribution in [1.82, 2.24) is 9.97 Å².